The zero-order valence-corrected chi connectivity index (χ0v) is 13.6. The van der Waals surface area contributed by atoms with E-state index >= 15 is 0 Å². The number of aryl methyl sites for hydroxylation is 2. The lowest BCUT2D eigenvalue weighted by atomic mass is 10.1. The molecule has 20 heavy (non-hydrogen) atoms. The molecular weight excluding hydrogens is 240 g/mol. The van der Waals surface area contributed by atoms with Crippen LogP contribution in [0.4, 0.5) is 0 Å². The van der Waals surface area contributed by atoms with Gasteiger partial charge in [0.05, 0.1) is 0 Å². The summed E-state index contributed by atoms with van der Waals surface area (Å²) < 4.78 is 0. The molecule has 0 fully saturated rings. The van der Waals surface area contributed by atoms with Gasteiger partial charge < -0.3 is 0 Å². The van der Waals surface area contributed by atoms with Crippen molar-refractivity contribution in [3.8, 4) is 0 Å². The van der Waals surface area contributed by atoms with Crippen molar-refractivity contribution in [3.05, 3.63) is 71.8 Å². The highest BCUT2D eigenvalue weighted by Gasteiger charge is 1.87. The zero-order valence-electron chi connectivity index (χ0n) is 13.6. The van der Waals surface area contributed by atoms with E-state index in [-0.39, 0.29) is 0 Å². The Balaban J connectivity index is 0.000000327. The maximum absolute atomic E-state index is 2.23. The molecule has 2 aromatic carbocycles. The lowest BCUT2D eigenvalue weighted by Crippen LogP contribution is -1.81. The Morgan fingerprint density at radius 3 is 1.45 bits per heavy atom. The highest BCUT2D eigenvalue weighted by molar-refractivity contribution is 5.14. The van der Waals surface area contributed by atoms with E-state index in [9.17, 15) is 0 Å². The number of benzene rings is 2. The summed E-state index contributed by atoms with van der Waals surface area (Å²) in [4.78, 5) is 0. The minimum Gasteiger partial charge on any atom is -0.0683 e. The number of rotatable bonds is 4. The largest absolute Gasteiger partial charge is 0.0683 e. The highest BCUT2D eigenvalue weighted by atomic mass is 13.9. The van der Waals surface area contributed by atoms with E-state index in [1.165, 1.54) is 30.4 Å². The van der Waals surface area contributed by atoms with Crippen molar-refractivity contribution in [2.45, 2.75) is 53.4 Å². The van der Waals surface area contributed by atoms with Crippen molar-refractivity contribution in [1.82, 2.24) is 0 Å². The summed E-state index contributed by atoms with van der Waals surface area (Å²) in [5, 5.41) is 0. The van der Waals surface area contributed by atoms with Crippen molar-refractivity contribution < 1.29 is 0 Å². The van der Waals surface area contributed by atoms with E-state index < -0.39 is 0 Å². The molecule has 0 nitrogen and oxygen atoms in total. The van der Waals surface area contributed by atoms with Crippen LogP contribution in [-0.4, -0.2) is 0 Å². The first kappa shape index (κ1) is 18.4. The Hall–Kier alpha value is -1.56. The fourth-order valence-corrected chi connectivity index (χ4v) is 1.74. The van der Waals surface area contributed by atoms with Gasteiger partial charge in [-0.15, -0.1) is 0 Å². The minimum absolute atomic E-state index is 1.14. The Labute approximate surface area is 125 Å². The molecule has 0 aromatic heterocycles. The van der Waals surface area contributed by atoms with Gasteiger partial charge in [-0.25, -0.2) is 0 Å². The van der Waals surface area contributed by atoms with Crippen LogP contribution in [-0.2, 0) is 12.8 Å². The quantitative estimate of drug-likeness (QED) is 0.611. The van der Waals surface area contributed by atoms with Gasteiger partial charge >= 0.3 is 0 Å². The molecule has 0 spiro atoms. The molecule has 0 saturated carbocycles. The van der Waals surface area contributed by atoms with E-state index in [0.29, 0.717) is 0 Å². The summed E-state index contributed by atoms with van der Waals surface area (Å²) in [6, 6.07) is 21.1. The first-order valence-corrected chi connectivity index (χ1v) is 7.94. The third kappa shape index (κ3) is 9.38. The van der Waals surface area contributed by atoms with Gasteiger partial charge in [0.25, 0.3) is 0 Å². The molecule has 2 aromatic rings. The van der Waals surface area contributed by atoms with E-state index in [1.807, 2.05) is 19.9 Å². The molecule has 0 N–H and O–H groups in total. The third-order valence-electron chi connectivity index (χ3n) is 2.91. The van der Waals surface area contributed by atoms with Gasteiger partial charge in [-0.1, -0.05) is 94.8 Å². The van der Waals surface area contributed by atoms with Crippen molar-refractivity contribution in [2.75, 3.05) is 0 Å². The summed E-state index contributed by atoms with van der Waals surface area (Å²) in [6.45, 7) is 8.39. The zero-order chi connectivity index (χ0) is 15.1. The molecule has 0 saturated heterocycles. The summed E-state index contributed by atoms with van der Waals surface area (Å²) in [5.74, 6) is 0. The molecule has 110 valence electrons. The molecule has 0 radical (unpaired) electrons. The lowest BCUT2D eigenvalue weighted by Gasteiger charge is -1.96. The van der Waals surface area contributed by atoms with Gasteiger partial charge in [0, 0.05) is 0 Å². The van der Waals surface area contributed by atoms with Crippen molar-refractivity contribution in [3.63, 3.8) is 0 Å². The van der Waals surface area contributed by atoms with Gasteiger partial charge in [-0.3, -0.25) is 0 Å². The third-order valence-corrected chi connectivity index (χ3v) is 2.91. The van der Waals surface area contributed by atoms with E-state index in [0.717, 1.165) is 6.42 Å². The van der Waals surface area contributed by atoms with Crippen LogP contribution in [0.25, 0.3) is 0 Å². The SMILES string of the molecule is CC.CCCCc1ccccc1.CCc1ccccc1. The molecule has 0 heteroatoms. The fourth-order valence-electron chi connectivity index (χ4n) is 1.74. The van der Waals surface area contributed by atoms with Crippen molar-refractivity contribution >= 4 is 0 Å². The Bertz CT molecular complexity index is 389. The molecule has 0 aliphatic carbocycles. The Kier molecular flexibility index (Phi) is 12.8. The van der Waals surface area contributed by atoms with Crippen LogP contribution in [0, 0.1) is 0 Å². The first-order chi connectivity index (χ1) is 9.86. The fraction of sp³-hybridized carbons (Fsp3) is 0.400. The van der Waals surface area contributed by atoms with Crippen LogP contribution in [0.5, 0.6) is 0 Å². The predicted octanol–water partition coefficient (Wildman–Crippen LogP) is 6.30. The van der Waals surface area contributed by atoms with Crippen LogP contribution in [0.1, 0.15) is 51.7 Å². The summed E-state index contributed by atoms with van der Waals surface area (Å²) in [5.41, 5.74) is 2.87. The molecule has 0 heterocycles. The van der Waals surface area contributed by atoms with Gasteiger partial charge in [0.2, 0.25) is 0 Å². The minimum atomic E-state index is 1.14. The van der Waals surface area contributed by atoms with Crippen molar-refractivity contribution in [1.29, 1.82) is 0 Å². The van der Waals surface area contributed by atoms with Crippen LogP contribution in [0.2, 0.25) is 0 Å². The normalized spacial score (nSPS) is 8.80. The Morgan fingerprint density at radius 2 is 1.10 bits per heavy atom. The van der Waals surface area contributed by atoms with Crippen LogP contribution in [0.3, 0.4) is 0 Å². The molecule has 0 bridgehead atoms. The molecule has 2 rings (SSSR count). The van der Waals surface area contributed by atoms with Crippen molar-refractivity contribution in [2.24, 2.45) is 0 Å². The van der Waals surface area contributed by atoms with Gasteiger partial charge in [-0.05, 0) is 30.4 Å². The first-order valence-electron chi connectivity index (χ1n) is 7.94. The molecule has 0 amide bonds. The second-order valence-electron chi connectivity index (χ2n) is 4.43. The van der Waals surface area contributed by atoms with Gasteiger partial charge in [0.15, 0.2) is 0 Å². The van der Waals surface area contributed by atoms with E-state index in [4.69, 9.17) is 0 Å². The number of hydrogen-bond donors (Lipinski definition) is 0. The second-order valence-corrected chi connectivity index (χ2v) is 4.43. The maximum atomic E-state index is 2.23. The molecule has 0 aliphatic heterocycles. The average Bonchev–Trinajstić information content (AvgIpc) is 2.57. The second kappa shape index (κ2) is 13.9. The van der Waals surface area contributed by atoms with E-state index in [1.54, 1.807) is 0 Å². The smallest absolute Gasteiger partial charge is 0.0279 e. The number of hydrogen-bond acceptors (Lipinski definition) is 0. The summed E-state index contributed by atoms with van der Waals surface area (Å²) in [6.07, 6.45) is 4.97. The summed E-state index contributed by atoms with van der Waals surface area (Å²) in [7, 11) is 0. The maximum Gasteiger partial charge on any atom is -0.0279 e. The van der Waals surface area contributed by atoms with Crippen LogP contribution in [0.15, 0.2) is 60.7 Å². The van der Waals surface area contributed by atoms with Crippen LogP contribution < -0.4 is 0 Å². The number of unbranched alkanes of at least 4 members (excludes halogenated alkanes) is 1. The van der Waals surface area contributed by atoms with Gasteiger partial charge in [0.1, 0.15) is 0 Å². The standard InChI is InChI=1S/C10H14.C8H10.C2H6/c1-2-3-7-10-8-5-4-6-9-10;1-2-8-6-4-3-5-7-8;1-2/h4-6,8-9H,2-3,7H2,1H3;3-7H,2H2,1H3;1-2H3. The Morgan fingerprint density at radius 1 is 0.650 bits per heavy atom. The van der Waals surface area contributed by atoms with Gasteiger partial charge in [-0.2, -0.15) is 0 Å². The predicted molar refractivity (Wildman–Crippen MR) is 92.2 cm³/mol. The van der Waals surface area contributed by atoms with Crippen LogP contribution >= 0.6 is 0 Å². The average molecular weight is 270 g/mol. The molecular formula is C20H30. The monoisotopic (exact) mass is 270 g/mol. The molecule has 0 aliphatic rings. The topological polar surface area (TPSA) is 0 Å². The molecule has 0 atom stereocenters. The van der Waals surface area contributed by atoms with E-state index in [2.05, 4.69) is 68.4 Å². The highest BCUT2D eigenvalue weighted by Crippen LogP contribution is 2.03. The summed E-state index contributed by atoms with van der Waals surface area (Å²) >= 11 is 0. The molecule has 0 unspecified atom stereocenters. The lowest BCUT2D eigenvalue weighted by molar-refractivity contribution is 0.795.